The number of rotatable bonds is 6. The number of thiazole rings is 1. The predicted molar refractivity (Wildman–Crippen MR) is 72.8 cm³/mol. The van der Waals surface area contributed by atoms with Crippen molar-refractivity contribution in [1.29, 1.82) is 0 Å². The van der Waals surface area contributed by atoms with E-state index in [2.05, 4.69) is 20.6 Å². The molecule has 0 aliphatic heterocycles. The minimum Gasteiger partial charge on any atom is -0.467 e. The highest BCUT2D eigenvalue weighted by Gasteiger charge is 2.20. The summed E-state index contributed by atoms with van der Waals surface area (Å²) in [6, 6.07) is 4.63. The van der Waals surface area contributed by atoms with E-state index in [9.17, 15) is 0 Å². The molecule has 3 rings (SSSR count). The quantitative estimate of drug-likeness (QED) is 0.870. The van der Waals surface area contributed by atoms with E-state index >= 15 is 0 Å². The summed E-state index contributed by atoms with van der Waals surface area (Å²) in [5.74, 6) is 0.963. The second kappa shape index (κ2) is 5.12. The van der Waals surface area contributed by atoms with Gasteiger partial charge in [-0.1, -0.05) is 0 Å². The van der Waals surface area contributed by atoms with Gasteiger partial charge in [0.2, 0.25) is 0 Å². The third-order valence-corrected chi connectivity index (χ3v) is 3.99. The van der Waals surface area contributed by atoms with Gasteiger partial charge in [-0.2, -0.15) is 0 Å². The molecule has 2 aromatic heterocycles. The monoisotopic (exact) mass is 263 g/mol. The van der Waals surface area contributed by atoms with Crippen LogP contribution in [0.1, 0.15) is 24.3 Å². The maximum absolute atomic E-state index is 5.34. The molecule has 0 aromatic carbocycles. The fraction of sp³-hybridized carbons (Fsp3) is 0.462. The summed E-state index contributed by atoms with van der Waals surface area (Å²) in [6.45, 7) is 1.64. The van der Waals surface area contributed by atoms with Gasteiger partial charge < -0.3 is 14.6 Å². The van der Waals surface area contributed by atoms with E-state index < -0.39 is 0 Å². The van der Waals surface area contributed by atoms with E-state index in [1.807, 2.05) is 19.2 Å². The summed E-state index contributed by atoms with van der Waals surface area (Å²) in [4.78, 5) is 6.75. The van der Waals surface area contributed by atoms with Crippen LogP contribution in [0.15, 0.2) is 28.2 Å². The SMILES string of the molecule is CN(Cc1ccco1)c1nc(CNC2CC2)cs1. The van der Waals surface area contributed by atoms with E-state index in [1.54, 1.807) is 17.6 Å². The van der Waals surface area contributed by atoms with E-state index in [0.717, 1.165) is 35.7 Å². The molecule has 1 saturated carbocycles. The maximum Gasteiger partial charge on any atom is 0.185 e. The Morgan fingerprint density at radius 2 is 2.44 bits per heavy atom. The molecule has 18 heavy (non-hydrogen) atoms. The summed E-state index contributed by atoms with van der Waals surface area (Å²) in [6.07, 6.45) is 4.33. The van der Waals surface area contributed by atoms with Crippen molar-refractivity contribution in [2.24, 2.45) is 0 Å². The third-order valence-electron chi connectivity index (χ3n) is 2.99. The lowest BCUT2D eigenvalue weighted by atomic mass is 10.4. The molecule has 1 aliphatic rings. The lowest BCUT2D eigenvalue weighted by Crippen LogP contribution is -2.17. The van der Waals surface area contributed by atoms with Crippen LogP contribution in [0.3, 0.4) is 0 Å². The van der Waals surface area contributed by atoms with E-state index in [1.165, 1.54) is 12.8 Å². The summed E-state index contributed by atoms with van der Waals surface area (Å²) < 4.78 is 5.34. The van der Waals surface area contributed by atoms with Crippen LogP contribution in [0.2, 0.25) is 0 Å². The number of furan rings is 1. The van der Waals surface area contributed by atoms with E-state index in [-0.39, 0.29) is 0 Å². The van der Waals surface area contributed by atoms with Gasteiger partial charge in [0.25, 0.3) is 0 Å². The normalized spacial score (nSPS) is 14.9. The van der Waals surface area contributed by atoms with E-state index in [0.29, 0.717) is 0 Å². The number of nitrogens with zero attached hydrogens (tertiary/aromatic N) is 2. The van der Waals surface area contributed by atoms with Crippen molar-refractivity contribution in [3.8, 4) is 0 Å². The standard InChI is InChI=1S/C13H17N3OS/c1-16(8-12-3-2-6-17-12)13-15-11(9-18-13)7-14-10-4-5-10/h2-3,6,9-10,14H,4-5,7-8H2,1H3. The Kier molecular flexibility index (Phi) is 3.34. The van der Waals surface area contributed by atoms with Crippen LogP contribution in [0, 0.1) is 0 Å². The second-order valence-corrected chi connectivity index (χ2v) is 5.55. The maximum atomic E-state index is 5.34. The highest BCUT2D eigenvalue weighted by molar-refractivity contribution is 7.13. The smallest absolute Gasteiger partial charge is 0.185 e. The number of nitrogens with one attached hydrogen (secondary N) is 1. The Hall–Kier alpha value is -1.33. The van der Waals surface area contributed by atoms with Gasteiger partial charge in [0.15, 0.2) is 5.13 Å². The van der Waals surface area contributed by atoms with Gasteiger partial charge in [0.1, 0.15) is 5.76 Å². The minimum absolute atomic E-state index is 0.732. The van der Waals surface area contributed by atoms with Gasteiger partial charge in [-0.15, -0.1) is 11.3 Å². The molecular weight excluding hydrogens is 246 g/mol. The molecule has 1 N–H and O–H groups in total. The first kappa shape index (κ1) is 11.7. The van der Waals surface area contributed by atoms with Crippen molar-refractivity contribution in [2.75, 3.05) is 11.9 Å². The average molecular weight is 263 g/mol. The fourth-order valence-electron chi connectivity index (χ4n) is 1.79. The van der Waals surface area contributed by atoms with Crippen molar-refractivity contribution in [3.05, 3.63) is 35.2 Å². The molecule has 0 spiro atoms. The summed E-state index contributed by atoms with van der Waals surface area (Å²) >= 11 is 1.68. The molecule has 0 amide bonds. The van der Waals surface area contributed by atoms with Gasteiger partial charge in [-0.25, -0.2) is 4.98 Å². The van der Waals surface area contributed by atoms with Crippen molar-refractivity contribution in [1.82, 2.24) is 10.3 Å². The van der Waals surface area contributed by atoms with Crippen LogP contribution in [-0.2, 0) is 13.1 Å². The largest absolute Gasteiger partial charge is 0.467 e. The zero-order chi connectivity index (χ0) is 12.4. The zero-order valence-electron chi connectivity index (χ0n) is 10.4. The van der Waals surface area contributed by atoms with Crippen LogP contribution in [0.25, 0.3) is 0 Å². The van der Waals surface area contributed by atoms with Crippen molar-refractivity contribution >= 4 is 16.5 Å². The van der Waals surface area contributed by atoms with Gasteiger partial charge in [0.05, 0.1) is 18.5 Å². The molecule has 0 unspecified atom stereocenters. The lowest BCUT2D eigenvalue weighted by Gasteiger charge is -2.13. The van der Waals surface area contributed by atoms with Crippen LogP contribution >= 0.6 is 11.3 Å². The molecule has 1 aliphatic carbocycles. The topological polar surface area (TPSA) is 41.3 Å². The number of aromatic nitrogens is 1. The first-order valence-corrected chi connectivity index (χ1v) is 7.10. The molecular formula is C13H17N3OS. The Morgan fingerprint density at radius 3 is 3.17 bits per heavy atom. The molecule has 2 aromatic rings. The number of hydrogen-bond acceptors (Lipinski definition) is 5. The molecule has 4 nitrogen and oxygen atoms in total. The Balaban J connectivity index is 1.57. The summed E-state index contributed by atoms with van der Waals surface area (Å²) in [7, 11) is 2.04. The summed E-state index contributed by atoms with van der Waals surface area (Å²) in [5.41, 5.74) is 1.13. The van der Waals surface area contributed by atoms with Crippen LogP contribution in [-0.4, -0.2) is 18.1 Å². The zero-order valence-corrected chi connectivity index (χ0v) is 11.2. The number of hydrogen-bond donors (Lipinski definition) is 1. The van der Waals surface area contributed by atoms with Crippen LogP contribution in [0.4, 0.5) is 5.13 Å². The van der Waals surface area contributed by atoms with E-state index in [4.69, 9.17) is 4.42 Å². The van der Waals surface area contributed by atoms with Gasteiger partial charge in [-0.3, -0.25) is 0 Å². The molecule has 0 atom stereocenters. The Labute approximate surface area is 111 Å². The third kappa shape index (κ3) is 2.91. The second-order valence-electron chi connectivity index (χ2n) is 4.71. The molecule has 1 fully saturated rings. The van der Waals surface area contributed by atoms with Crippen LogP contribution < -0.4 is 10.2 Å². The highest BCUT2D eigenvalue weighted by Crippen LogP contribution is 2.23. The van der Waals surface area contributed by atoms with Crippen LogP contribution in [0.5, 0.6) is 0 Å². The van der Waals surface area contributed by atoms with Crippen molar-refractivity contribution in [3.63, 3.8) is 0 Å². The first-order valence-electron chi connectivity index (χ1n) is 6.22. The Morgan fingerprint density at radius 1 is 1.56 bits per heavy atom. The molecule has 5 heteroatoms. The minimum atomic E-state index is 0.732. The first-order chi connectivity index (χ1) is 8.81. The molecule has 2 heterocycles. The van der Waals surface area contributed by atoms with Gasteiger partial charge in [0, 0.05) is 25.0 Å². The average Bonchev–Trinajstić information content (AvgIpc) is 2.88. The molecule has 0 radical (unpaired) electrons. The highest BCUT2D eigenvalue weighted by atomic mass is 32.1. The van der Waals surface area contributed by atoms with Crippen molar-refractivity contribution < 1.29 is 4.42 Å². The molecule has 0 saturated heterocycles. The lowest BCUT2D eigenvalue weighted by molar-refractivity contribution is 0.507. The molecule has 96 valence electrons. The summed E-state index contributed by atoms with van der Waals surface area (Å²) in [5, 5.41) is 6.65. The molecule has 0 bridgehead atoms. The fourth-order valence-corrected chi connectivity index (χ4v) is 2.59. The Bertz CT molecular complexity index is 490. The van der Waals surface area contributed by atoms with Crippen molar-refractivity contribution in [2.45, 2.75) is 32.0 Å². The number of anilines is 1. The van der Waals surface area contributed by atoms with Gasteiger partial charge >= 0.3 is 0 Å². The predicted octanol–water partition coefficient (Wildman–Crippen LogP) is 2.62. The van der Waals surface area contributed by atoms with Gasteiger partial charge in [-0.05, 0) is 25.0 Å².